The van der Waals surface area contributed by atoms with Gasteiger partial charge in [-0.15, -0.1) is 0 Å². The van der Waals surface area contributed by atoms with Gasteiger partial charge in [-0.25, -0.2) is 4.79 Å². The second kappa shape index (κ2) is 5.72. The number of urea groups is 1. The van der Waals surface area contributed by atoms with Gasteiger partial charge in [0.05, 0.1) is 0 Å². The van der Waals surface area contributed by atoms with Crippen LogP contribution < -0.4 is 5.32 Å². The predicted molar refractivity (Wildman–Crippen MR) is 72.3 cm³/mol. The van der Waals surface area contributed by atoms with E-state index in [1.807, 2.05) is 13.8 Å². The van der Waals surface area contributed by atoms with Gasteiger partial charge in [0.15, 0.2) is 0 Å². The Morgan fingerprint density at radius 1 is 1.26 bits per heavy atom. The number of nitrogens with zero attached hydrogens (tertiary/aromatic N) is 1. The van der Waals surface area contributed by atoms with Crippen LogP contribution in [0.25, 0.3) is 0 Å². The summed E-state index contributed by atoms with van der Waals surface area (Å²) < 4.78 is 0. The highest BCUT2D eigenvalue weighted by Crippen LogP contribution is 2.27. The minimum Gasteiger partial charge on any atom is -0.277 e. The van der Waals surface area contributed by atoms with Crippen LogP contribution in [-0.2, 0) is 9.59 Å². The number of hydrogen-bond donors (Lipinski definition) is 1. The van der Waals surface area contributed by atoms with Crippen LogP contribution in [0.15, 0.2) is 0 Å². The minimum absolute atomic E-state index is 0.00225. The Kier molecular flexibility index (Phi) is 4.71. The molecule has 5 heteroatoms. The summed E-state index contributed by atoms with van der Waals surface area (Å²) in [6, 6.07) is -0.585. The minimum atomic E-state index is -0.713. The average Bonchev–Trinajstić information content (AvgIpc) is 2.28. The van der Waals surface area contributed by atoms with Gasteiger partial charge in [0.1, 0.15) is 5.92 Å². The highest BCUT2D eigenvalue weighted by Gasteiger charge is 2.40. The molecule has 0 aromatic rings. The van der Waals surface area contributed by atoms with Crippen LogP contribution in [0.2, 0.25) is 0 Å². The molecule has 1 aliphatic rings. The van der Waals surface area contributed by atoms with Gasteiger partial charge in [-0.05, 0) is 17.8 Å². The summed E-state index contributed by atoms with van der Waals surface area (Å²) in [7, 11) is 0. The Morgan fingerprint density at radius 2 is 1.84 bits per heavy atom. The Balaban J connectivity index is 2.84. The van der Waals surface area contributed by atoms with Gasteiger partial charge >= 0.3 is 6.03 Å². The quantitative estimate of drug-likeness (QED) is 0.794. The lowest BCUT2D eigenvalue weighted by Gasteiger charge is -2.35. The molecule has 19 heavy (non-hydrogen) atoms. The molecule has 5 nitrogen and oxygen atoms in total. The Bertz CT molecular complexity index is 385. The van der Waals surface area contributed by atoms with Crippen LogP contribution in [0.1, 0.15) is 47.5 Å². The maximum absolute atomic E-state index is 12.2. The smallest absolute Gasteiger partial charge is 0.277 e. The monoisotopic (exact) mass is 268 g/mol. The van der Waals surface area contributed by atoms with Gasteiger partial charge < -0.3 is 0 Å². The summed E-state index contributed by atoms with van der Waals surface area (Å²) in [6.45, 7) is 10.5. The fourth-order valence-electron chi connectivity index (χ4n) is 1.92. The van der Waals surface area contributed by atoms with Crippen molar-refractivity contribution in [3.63, 3.8) is 0 Å². The van der Waals surface area contributed by atoms with Gasteiger partial charge in [-0.2, -0.15) is 0 Å². The SMILES string of the molecule is CCCC1C(=O)NC(=O)N(CC(C)C(C)(C)C)C1=O. The molecule has 4 amide bonds. The molecule has 1 N–H and O–H groups in total. The Labute approximate surface area is 114 Å². The van der Waals surface area contributed by atoms with Gasteiger partial charge in [0, 0.05) is 6.54 Å². The summed E-state index contributed by atoms with van der Waals surface area (Å²) in [4.78, 5) is 36.9. The molecule has 1 rings (SSSR count). The van der Waals surface area contributed by atoms with Crippen LogP contribution in [-0.4, -0.2) is 29.3 Å². The Morgan fingerprint density at radius 3 is 2.32 bits per heavy atom. The third kappa shape index (κ3) is 3.55. The number of carbonyl (C=O) groups is 3. The van der Waals surface area contributed by atoms with E-state index in [1.54, 1.807) is 0 Å². The zero-order valence-electron chi connectivity index (χ0n) is 12.4. The van der Waals surface area contributed by atoms with E-state index in [4.69, 9.17) is 0 Å². The topological polar surface area (TPSA) is 66.5 Å². The molecule has 0 spiro atoms. The number of rotatable bonds is 4. The van der Waals surface area contributed by atoms with Gasteiger partial charge in [0.2, 0.25) is 11.8 Å². The van der Waals surface area contributed by atoms with Crippen LogP contribution >= 0.6 is 0 Å². The summed E-state index contributed by atoms with van der Waals surface area (Å²) in [6.07, 6.45) is 1.22. The van der Waals surface area contributed by atoms with Crippen molar-refractivity contribution >= 4 is 17.8 Å². The third-order valence-electron chi connectivity index (χ3n) is 3.87. The second-order valence-corrected chi connectivity index (χ2v) is 6.35. The fourth-order valence-corrected chi connectivity index (χ4v) is 1.92. The number of carbonyl (C=O) groups excluding carboxylic acids is 3. The molecule has 1 aliphatic heterocycles. The van der Waals surface area contributed by atoms with E-state index >= 15 is 0 Å². The van der Waals surface area contributed by atoms with Crippen molar-refractivity contribution in [3.05, 3.63) is 0 Å². The molecule has 0 aromatic heterocycles. The standard InChI is InChI=1S/C14H24N2O3/c1-6-7-10-11(17)15-13(19)16(12(10)18)8-9(2)14(3,4)5/h9-10H,6-8H2,1-5H3,(H,15,17,19). The van der Waals surface area contributed by atoms with Crippen molar-refractivity contribution in [1.82, 2.24) is 10.2 Å². The molecule has 1 heterocycles. The lowest BCUT2D eigenvalue weighted by molar-refractivity contribution is -0.143. The molecule has 2 unspecified atom stereocenters. The second-order valence-electron chi connectivity index (χ2n) is 6.35. The molecule has 0 aromatic carbocycles. The van der Waals surface area contributed by atoms with E-state index in [1.165, 1.54) is 4.90 Å². The molecule has 1 saturated heterocycles. The lowest BCUT2D eigenvalue weighted by atomic mass is 9.81. The zero-order valence-corrected chi connectivity index (χ0v) is 12.4. The number of amides is 4. The van der Waals surface area contributed by atoms with Gasteiger partial charge in [-0.1, -0.05) is 41.0 Å². The Hall–Kier alpha value is -1.39. The van der Waals surface area contributed by atoms with Crippen molar-refractivity contribution in [3.8, 4) is 0 Å². The summed E-state index contributed by atoms with van der Waals surface area (Å²) in [5, 5.41) is 2.28. The number of nitrogens with one attached hydrogen (secondary N) is 1. The van der Waals surface area contributed by atoms with Crippen molar-refractivity contribution in [1.29, 1.82) is 0 Å². The maximum atomic E-state index is 12.2. The molecular formula is C14H24N2O3. The normalized spacial score (nSPS) is 22.5. The van der Waals surface area contributed by atoms with Crippen LogP contribution in [0, 0.1) is 17.3 Å². The van der Waals surface area contributed by atoms with Crippen molar-refractivity contribution in [2.45, 2.75) is 47.5 Å². The molecule has 0 radical (unpaired) electrons. The third-order valence-corrected chi connectivity index (χ3v) is 3.87. The number of barbiturate groups is 1. The molecular weight excluding hydrogens is 244 g/mol. The molecule has 1 fully saturated rings. The van der Waals surface area contributed by atoms with Crippen LogP contribution in [0.5, 0.6) is 0 Å². The zero-order chi connectivity index (χ0) is 14.8. The summed E-state index contributed by atoms with van der Waals surface area (Å²) >= 11 is 0. The molecule has 0 bridgehead atoms. The number of imide groups is 2. The average molecular weight is 268 g/mol. The van der Waals surface area contributed by atoms with E-state index < -0.39 is 17.9 Å². The molecule has 108 valence electrons. The van der Waals surface area contributed by atoms with E-state index in [9.17, 15) is 14.4 Å². The first-order chi connectivity index (χ1) is 8.68. The lowest BCUT2D eigenvalue weighted by Crippen LogP contribution is -2.59. The fraction of sp³-hybridized carbons (Fsp3) is 0.786. The van der Waals surface area contributed by atoms with Crippen molar-refractivity contribution < 1.29 is 14.4 Å². The maximum Gasteiger partial charge on any atom is 0.330 e. The largest absolute Gasteiger partial charge is 0.330 e. The van der Waals surface area contributed by atoms with Crippen LogP contribution in [0.4, 0.5) is 4.79 Å². The summed E-state index contributed by atoms with van der Waals surface area (Å²) in [5.41, 5.74) is 0.00225. The highest BCUT2D eigenvalue weighted by molar-refractivity contribution is 6.16. The number of hydrogen-bond acceptors (Lipinski definition) is 3. The molecule has 2 atom stereocenters. The predicted octanol–water partition coefficient (Wildman–Crippen LogP) is 2.16. The van der Waals surface area contributed by atoms with Gasteiger partial charge in [-0.3, -0.25) is 19.8 Å². The molecule has 0 saturated carbocycles. The first-order valence-electron chi connectivity index (χ1n) is 6.84. The van der Waals surface area contributed by atoms with Crippen molar-refractivity contribution in [2.75, 3.05) is 6.54 Å². The first kappa shape index (κ1) is 15.7. The van der Waals surface area contributed by atoms with Crippen molar-refractivity contribution in [2.24, 2.45) is 17.3 Å². The summed E-state index contributed by atoms with van der Waals surface area (Å²) in [5.74, 6) is -1.37. The first-order valence-corrected chi connectivity index (χ1v) is 6.84. The van der Waals surface area contributed by atoms with E-state index in [0.29, 0.717) is 13.0 Å². The highest BCUT2D eigenvalue weighted by atomic mass is 16.2. The van der Waals surface area contributed by atoms with E-state index in [0.717, 1.165) is 6.42 Å². The van der Waals surface area contributed by atoms with E-state index in [2.05, 4.69) is 26.1 Å². The van der Waals surface area contributed by atoms with Crippen LogP contribution in [0.3, 0.4) is 0 Å². The molecule has 0 aliphatic carbocycles. The van der Waals surface area contributed by atoms with Gasteiger partial charge in [0.25, 0.3) is 0 Å². The van der Waals surface area contributed by atoms with E-state index in [-0.39, 0.29) is 17.2 Å².